The van der Waals surface area contributed by atoms with Crippen molar-refractivity contribution in [2.45, 2.75) is 50.0 Å². The zero-order valence-corrected chi connectivity index (χ0v) is 17.0. The molecule has 1 aromatic carbocycles. The second-order valence-electron chi connectivity index (χ2n) is 8.43. The van der Waals surface area contributed by atoms with Crippen LogP contribution in [0.3, 0.4) is 0 Å². The molecule has 2 aliphatic heterocycles. The highest BCUT2D eigenvalue weighted by atomic mass is 32.1. The van der Waals surface area contributed by atoms with Crippen LogP contribution < -0.4 is 9.47 Å². The lowest BCUT2D eigenvalue weighted by Crippen LogP contribution is -2.43. The van der Waals surface area contributed by atoms with Gasteiger partial charge in [-0.2, -0.15) is 0 Å². The Morgan fingerprint density at radius 2 is 2.11 bits per heavy atom. The summed E-state index contributed by atoms with van der Waals surface area (Å²) in [6, 6.07) is 8.68. The van der Waals surface area contributed by atoms with Gasteiger partial charge in [0.25, 0.3) is 0 Å². The van der Waals surface area contributed by atoms with Gasteiger partial charge in [0.2, 0.25) is 0 Å². The van der Waals surface area contributed by atoms with E-state index in [-0.39, 0.29) is 5.41 Å². The van der Waals surface area contributed by atoms with Gasteiger partial charge in [0.1, 0.15) is 24.4 Å². The minimum absolute atomic E-state index is 0.137. The Morgan fingerprint density at radius 3 is 2.89 bits per heavy atom. The molecule has 1 saturated carbocycles. The van der Waals surface area contributed by atoms with Gasteiger partial charge in [0, 0.05) is 34.9 Å². The zero-order valence-electron chi connectivity index (χ0n) is 16.2. The smallest absolute Gasteiger partial charge is 0.126 e. The highest BCUT2D eigenvalue weighted by molar-refractivity contribution is 7.10. The highest BCUT2D eigenvalue weighted by Gasteiger charge is 2.43. The lowest BCUT2D eigenvalue weighted by atomic mass is 9.74. The first kappa shape index (κ1) is 18.2. The molecule has 0 amide bonds. The maximum Gasteiger partial charge on any atom is 0.126 e. The summed E-state index contributed by atoms with van der Waals surface area (Å²) in [6.45, 7) is 4.36. The molecule has 3 heterocycles. The molecule has 0 unspecified atom stereocenters. The number of rotatable bonds is 7. The van der Waals surface area contributed by atoms with E-state index in [2.05, 4.69) is 34.5 Å². The molecule has 5 heteroatoms. The molecule has 2 fully saturated rings. The van der Waals surface area contributed by atoms with Gasteiger partial charge in [-0.25, -0.2) is 0 Å². The molecule has 3 aliphatic rings. The molecular formula is C23H27NO3S. The molecule has 28 heavy (non-hydrogen) atoms. The summed E-state index contributed by atoms with van der Waals surface area (Å²) in [5, 5.41) is 2.29. The molecular weight excluding hydrogens is 370 g/mol. The average Bonchev–Trinajstić information content (AvgIpc) is 3.38. The molecule has 0 bridgehead atoms. The van der Waals surface area contributed by atoms with Crippen molar-refractivity contribution in [1.29, 1.82) is 0 Å². The Labute approximate surface area is 170 Å². The molecule has 2 aromatic rings. The van der Waals surface area contributed by atoms with Crippen LogP contribution in [0, 0.1) is 0 Å². The molecule has 1 saturated heterocycles. The summed E-state index contributed by atoms with van der Waals surface area (Å²) in [5.74, 6) is 2.68. The predicted molar refractivity (Wildman–Crippen MR) is 111 cm³/mol. The second-order valence-corrected chi connectivity index (χ2v) is 9.43. The van der Waals surface area contributed by atoms with E-state index in [1.54, 1.807) is 11.3 Å². The molecule has 1 spiro atoms. The first-order valence-electron chi connectivity index (χ1n) is 10.4. The van der Waals surface area contributed by atoms with E-state index in [4.69, 9.17) is 9.47 Å². The van der Waals surface area contributed by atoms with Crippen molar-refractivity contribution in [2.24, 2.45) is 0 Å². The summed E-state index contributed by atoms with van der Waals surface area (Å²) >= 11 is 1.80. The van der Waals surface area contributed by atoms with Crippen LogP contribution >= 0.6 is 11.3 Å². The molecule has 0 N–H and O–H groups in total. The molecule has 4 nitrogen and oxygen atoms in total. The highest BCUT2D eigenvalue weighted by Crippen LogP contribution is 2.47. The number of likely N-dealkylation sites (tertiary alicyclic amines) is 1. The van der Waals surface area contributed by atoms with Gasteiger partial charge in [0.05, 0.1) is 6.61 Å². The molecule has 0 atom stereocenters. The van der Waals surface area contributed by atoms with Crippen molar-refractivity contribution in [3.8, 4) is 11.5 Å². The van der Waals surface area contributed by atoms with Gasteiger partial charge in [-0.05, 0) is 67.8 Å². The van der Waals surface area contributed by atoms with Gasteiger partial charge in [-0.3, -0.25) is 0 Å². The van der Waals surface area contributed by atoms with Crippen LogP contribution in [-0.4, -0.2) is 37.4 Å². The average molecular weight is 398 g/mol. The quantitative estimate of drug-likeness (QED) is 0.644. The van der Waals surface area contributed by atoms with Crippen molar-refractivity contribution in [2.75, 3.05) is 26.2 Å². The first-order chi connectivity index (χ1) is 13.8. The lowest BCUT2D eigenvalue weighted by molar-refractivity contribution is -0.108. The lowest BCUT2D eigenvalue weighted by Gasteiger charge is -2.38. The number of ether oxygens (including phenoxy) is 2. The largest absolute Gasteiger partial charge is 0.492 e. The van der Waals surface area contributed by atoms with E-state index < -0.39 is 0 Å². The van der Waals surface area contributed by atoms with Crippen molar-refractivity contribution < 1.29 is 14.3 Å². The number of carbonyl (C=O) groups excluding carboxylic acids is 1. The fourth-order valence-corrected chi connectivity index (χ4v) is 5.43. The van der Waals surface area contributed by atoms with Gasteiger partial charge in [-0.15, -0.1) is 11.3 Å². The fourth-order valence-electron chi connectivity index (χ4n) is 4.56. The van der Waals surface area contributed by atoms with Crippen molar-refractivity contribution in [3.63, 3.8) is 0 Å². The molecule has 0 radical (unpaired) electrons. The maximum absolute atomic E-state index is 10.6. The van der Waals surface area contributed by atoms with Crippen molar-refractivity contribution >= 4 is 17.6 Å². The minimum Gasteiger partial charge on any atom is -0.492 e. The Morgan fingerprint density at radius 1 is 1.25 bits per heavy atom. The monoisotopic (exact) mass is 397 g/mol. The standard InChI is InChI=1S/C23H27NO3S/c25-11-1-8-24-9-6-23(7-10-24)16-27-22-13-19(4-5-21(22)23)26-14-20-12-18(15-28-20)17-2-3-17/h4-5,11-13,15,17H,1-3,6-10,14,16H2. The van der Waals surface area contributed by atoms with Crippen molar-refractivity contribution in [3.05, 3.63) is 45.6 Å². The zero-order chi connectivity index (χ0) is 19.0. The molecule has 148 valence electrons. The Kier molecular flexibility index (Phi) is 4.89. The number of nitrogens with zero attached hydrogens (tertiary/aromatic N) is 1. The first-order valence-corrected chi connectivity index (χ1v) is 11.3. The summed E-state index contributed by atoms with van der Waals surface area (Å²) < 4.78 is 12.1. The Bertz CT molecular complexity index is 849. The van der Waals surface area contributed by atoms with Crippen molar-refractivity contribution in [1.82, 2.24) is 4.90 Å². The van der Waals surface area contributed by atoms with Crippen LogP contribution in [0.2, 0.25) is 0 Å². The van der Waals surface area contributed by atoms with E-state index in [0.29, 0.717) is 13.0 Å². The van der Waals surface area contributed by atoms with E-state index >= 15 is 0 Å². The van der Waals surface area contributed by atoms with Gasteiger partial charge in [-0.1, -0.05) is 6.07 Å². The Balaban J connectivity index is 1.22. The normalized spacial score (nSPS) is 20.7. The third-order valence-electron chi connectivity index (χ3n) is 6.51. The number of benzene rings is 1. The van der Waals surface area contributed by atoms with Crippen LogP contribution in [0.5, 0.6) is 11.5 Å². The van der Waals surface area contributed by atoms with Crippen LogP contribution in [-0.2, 0) is 16.8 Å². The summed E-state index contributed by atoms with van der Waals surface area (Å²) in [7, 11) is 0. The number of carbonyl (C=O) groups is 1. The predicted octanol–water partition coefficient (Wildman–Crippen LogP) is 4.52. The van der Waals surface area contributed by atoms with Crippen LogP contribution in [0.15, 0.2) is 29.6 Å². The van der Waals surface area contributed by atoms with E-state index in [1.165, 1.54) is 28.8 Å². The molecule has 5 rings (SSSR count). The fraction of sp³-hybridized carbons (Fsp3) is 0.522. The maximum atomic E-state index is 10.6. The van der Waals surface area contributed by atoms with Crippen LogP contribution in [0.1, 0.15) is 54.0 Å². The number of hydrogen-bond donors (Lipinski definition) is 0. The third-order valence-corrected chi connectivity index (χ3v) is 7.44. The molecule has 1 aliphatic carbocycles. The number of hydrogen-bond acceptors (Lipinski definition) is 5. The van der Waals surface area contributed by atoms with Gasteiger partial charge < -0.3 is 19.2 Å². The van der Waals surface area contributed by atoms with Gasteiger partial charge >= 0.3 is 0 Å². The van der Waals surface area contributed by atoms with E-state index in [1.807, 2.05) is 0 Å². The second kappa shape index (κ2) is 7.53. The molecule has 1 aromatic heterocycles. The topological polar surface area (TPSA) is 38.8 Å². The van der Waals surface area contributed by atoms with E-state index in [0.717, 1.165) is 62.8 Å². The van der Waals surface area contributed by atoms with Gasteiger partial charge in [0.15, 0.2) is 0 Å². The van der Waals surface area contributed by atoms with Crippen LogP contribution in [0.4, 0.5) is 0 Å². The summed E-state index contributed by atoms with van der Waals surface area (Å²) in [4.78, 5) is 14.3. The van der Waals surface area contributed by atoms with E-state index in [9.17, 15) is 4.79 Å². The summed E-state index contributed by atoms with van der Waals surface area (Å²) in [6.07, 6.45) is 6.53. The SMILES string of the molecule is O=CCCN1CCC2(CC1)COc1cc(OCc3cc(C4CC4)cs3)ccc12. The number of piperidine rings is 1. The minimum atomic E-state index is 0.137. The summed E-state index contributed by atoms with van der Waals surface area (Å²) in [5.41, 5.74) is 2.96. The number of thiophene rings is 1. The third kappa shape index (κ3) is 3.58. The number of fused-ring (bicyclic) bond motifs is 2. The Hall–Kier alpha value is -1.85. The number of aldehydes is 1. The van der Waals surface area contributed by atoms with Crippen LogP contribution in [0.25, 0.3) is 0 Å².